The molecule has 0 aromatic rings. The molecule has 0 spiro atoms. The van der Waals surface area contributed by atoms with Crippen molar-refractivity contribution in [2.75, 3.05) is 0 Å². The molecule has 7 heteroatoms. The summed E-state index contributed by atoms with van der Waals surface area (Å²) < 4.78 is 8.55. The van der Waals surface area contributed by atoms with Gasteiger partial charge in [0.2, 0.25) is 0 Å². The second-order valence-electron chi connectivity index (χ2n) is 0.447. The smallest absolute Gasteiger partial charge is 0.822 e. The molecule has 0 N–H and O–H groups in total. The molecule has 0 rings (SSSR count). The zero-order chi connectivity index (χ0) is 4.50. The molecular formula is CdO4PZn+. The van der Waals surface area contributed by atoms with Crippen molar-refractivity contribution in [1.29, 1.82) is 0 Å². The van der Waals surface area contributed by atoms with Gasteiger partial charge in [-0.3, -0.25) is 0 Å². The quantitative estimate of drug-likeness (QED) is 0.351. The zero-order valence-electron chi connectivity index (χ0n) is 3.49. The normalized spacial score (nSPS) is 8.43. The molecule has 0 heterocycles. The Balaban J connectivity index is -0.0000000800. The van der Waals surface area contributed by atoms with Gasteiger partial charge in [-0.15, -0.1) is 0 Å². The topological polar surface area (TPSA) is 86.2 Å². The minimum Gasteiger partial charge on any atom is -0.822 e. The minimum atomic E-state index is -5.39. The van der Waals surface area contributed by atoms with Crippen LogP contribution in [0.25, 0.3) is 0 Å². The van der Waals surface area contributed by atoms with E-state index in [1.165, 1.54) is 0 Å². The summed E-state index contributed by atoms with van der Waals surface area (Å²) in [6, 6.07) is 0. The molecule has 32 valence electrons. The Morgan fingerprint density at radius 1 is 1.14 bits per heavy atom. The fraction of sp³-hybridized carbons (Fsp3) is 0. The predicted molar refractivity (Wildman–Crippen MR) is 7.61 cm³/mol. The summed E-state index contributed by atoms with van der Waals surface area (Å²) in [5, 5.41) is 0. The Bertz CT molecular complexity index is 57.8. The molecule has 0 amide bonds. The summed E-state index contributed by atoms with van der Waals surface area (Å²) in [7, 11) is -5.39. The second-order valence-corrected chi connectivity index (χ2v) is 1.34. The molecular weight excluding hydrogens is 273 g/mol. The molecule has 0 aliphatic rings. The van der Waals surface area contributed by atoms with E-state index >= 15 is 0 Å². The van der Waals surface area contributed by atoms with Crippen LogP contribution in [0.1, 0.15) is 0 Å². The van der Waals surface area contributed by atoms with E-state index in [0.29, 0.717) is 0 Å². The van der Waals surface area contributed by atoms with Crippen LogP contribution in [0.15, 0.2) is 0 Å². The van der Waals surface area contributed by atoms with E-state index in [2.05, 4.69) is 0 Å². The van der Waals surface area contributed by atoms with Gasteiger partial charge in [0.1, 0.15) is 0 Å². The largest absolute Gasteiger partial charge is 2.00 e. The number of rotatable bonds is 0. The first-order chi connectivity index (χ1) is 2.00. The molecule has 0 fully saturated rings. The minimum absolute atomic E-state index is 0. The summed E-state index contributed by atoms with van der Waals surface area (Å²) in [6.45, 7) is 0. The molecule has 0 saturated heterocycles. The van der Waals surface area contributed by atoms with Crippen molar-refractivity contribution >= 4 is 7.82 Å². The third kappa shape index (κ3) is 89.3. The summed E-state index contributed by atoms with van der Waals surface area (Å²) in [5.41, 5.74) is 0. The molecule has 0 aliphatic heterocycles. The monoisotopic (exact) mass is 273 g/mol. The molecule has 0 atom stereocenters. The van der Waals surface area contributed by atoms with Crippen LogP contribution in [0.3, 0.4) is 0 Å². The van der Waals surface area contributed by atoms with Crippen LogP contribution in [-0.4, -0.2) is 0 Å². The van der Waals surface area contributed by atoms with E-state index in [1.54, 1.807) is 0 Å². The molecule has 0 bridgehead atoms. The summed E-state index contributed by atoms with van der Waals surface area (Å²) in [6.07, 6.45) is 0. The van der Waals surface area contributed by atoms with Crippen molar-refractivity contribution in [1.82, 2.24) is 0 Å². The maximum Gasteiger partial charge on any atom is 2.00 e. The average Bonchev–Trinajstić information content (AvgIpc) is 0.722. The third-order valence-corrected chi connectivity index (χ3v) is 0. The summed E-state index contributed by atoms with van der Waals surface area (Å²) in [4.78, 5) is 25.6. The average molecular weight is 273 g/mol. The number of hydrogen-bond acceptors (Lipinski definition) is 4. The van der Waals surface area contributed by atoms with Crippen molar-refractivity contribution < 1.29 is 66.0 Å². The second kappa shape index (κ2) is 5.79. The number of phosphoric acid groups is 1. The van der Waals surface area contributed by atoms with Gasteiger partial charge in [-0.2, -0.15) is 7.82 Å². The van der Waals surface area contributed by atoms with E-state index in [-0.39, 0.29) is 46.8 Å². The van der Waals surface area contributed by atoms with E-state index in [1.807, 2.05) is 0 Å². The van der Waals surface area contributed by atoms with Gasteiger partial charge in [-0.25, -0.2) is 0 Å². The maximum atomic E-state index is 8.55. The predicted octanol–water partition coefficient (Wildman–Crippen LogP) is -2.83. The maximum absolute atomic E-state index is 8.55. The van der Waals surface area contributed by atoms with Crippen LogP contribution in [0, 0.1) is 0 Å². The molecule has 0 aliphatic carbocycles. The standard InChI is InChI=1S/Cd.H3O4P.Zn/c;1-5(2,3)4;/h;(H3,1,2,3,4);/q+2;;+2/p-3. The Kier molecular flexibility index (Phi) is 13.1. The van der Waals surface area contributed by atoms with Crippen LogP contribution < -0.4 is 14.7 Å². The van der Waals surface area contributed by atoms with Crippen molar-refractivity contribution in [3.63, 3.8) is 0 Å². The van der Waals surface area contributed by atoms with E-state index in [0.717, 1.165) is 0 Å². The van der Waals surface area contributed by atoms with E-state index in [4.69, 9.17) is 19.2 Å². The van der Waals surface area contributed by atoms with Crippen LogP contribution >= 0.6 is 7.82 Å². The van der Waals surface area contributed by atoms with Crippen molar-refractivity contribution in [3.05, 3.63) is 0 Å². The third-order valence-electron chi connectivity index (χ3n) is 0. The van der Waals surface area contributed by atoms with Crippen molar-refractivity contribution in [2.45, 2.75) is 0 Å². The van der Waals surface area contributed by atoms with Gasteiger partial charge in [-0.05, 0) is 0 Å². The van der Waals surface area contributed by atoms with Gasteiger partial charge in [0, 0.05) is 0 Å². The van der Waals surface area contributed by atoms with Crippen LogP contribution in [0.5, 0.6) is 0 Å². The van der Waals surface area contributed by atoms with E-state index < -0.39 is 7.82 Å². The molecule has 0 aromatic heterocycles. The SMILES string of the molecule is O=P([O-])([O-])[O-].[Cd+2].[Zn+2]. The van der Waals surface area contributed by atoms with Crippen molar-refractivity contribution in [2.24, 2.45) is 0 Å². The first kappa shape index (κ1) is 15.9. The molecule has 0 aromatic carbocycles. The molecule has 0 radical (unpaired) electrons. The zero-order valence-corrected chi connectivity index (χ0v) is 11.4. The van der Waals surface area contributed by atoms with Gasteiger partial charge >= 0.3 is 46.8 Å². The van der Waals surface area contributed by atoms with E-state index in [9.17, 15) is 0 Å². The van der Waals surface area contributed by atoms with Crippen molar-refractivity contribution in [3.8, 4) is 0 Å². The van der Waals surface area contributed by atoms with Gasteiger partial charge < -0.3 is 19.2 Å². The first-order valence-corrected chi connectivity index (χ1v) is 2.19. The molecule has 0 saturated carbocycles. The molecule has 4 nitrogen and oxygen atoms in total. The molecule has 0 unspecified atom stereocenters. The van der Waals surface area contributed by atoms with Crippen LogP contribution in [-0.2, 0) is 51.3 Å². The van der Waals surface area contributed by atoms with Gasteiger partial charge in [0.25, 0.3) is 0 Å². The van der Waals surface area contributed by atoms with Crippen LogP contribution in [0.2, 0.25) is 0 Å². The van der Waals surface area contributed by atoms with Gasteiger partial charge in [-0.1, -0.05) is 0 Å². The first-order valence-electron chi connectivity index (χ1n) is 0.730. The fourth-order valence-corrected chi connectivity index (χ4v) is 0. The van der Waals surface area contributed by atoms with Crippen LogP contribution in [0.4, 0.5) is 0 Å². The van der Waals surface area contributed by atoms with Gasteiger partial charge in [0.05, 0.1) is 0 Å². The number of hydrogen-bond donors (Lipinski definition) is 0. The Hall–Kier alpha value is 1.66. The Morgan fingerprint density at radius 3 is 1.14 bits per heavy atom. The fourth-order valence-electron chi connectivity index (χ4n) is 0. The van der Waals surface area contributed by atoms with Gasteiger partial charge in [0.15, 0.2) is 0 Å². The summed E-state index contributed by atoms with van der Waals surface area (Å²) >= 11 is 0. The Morgan fingerprint density at radius 2 is 1.14 bits per heavy atom. The molecule has 7 heavy (non-hydrogen) atoms. The Labute approximate surface area is 73.5 Å². The summed E-state index contributed by atoms with van der Waals surface area (Å²) in [5.74, 6) is 0.